The number of rotatable bonds is 4. The van der Waals surface area contributed by atoms with Crippen molar-refractivity contribution in [1.82, 2.24) is 10.2 Å². The van der Waals surface area contributed by atoms with Gasteiger partial charge in [0.1, 0.15) is 23.7 Å². The van der Waals surface area contributed by atoms with E-state index in [1.165, 1.54) is 6.92 Å². The second-order valence-electron chi connectivity index (χ2n) is 6.10. The van der Waals surface area contributed by atoms with Gasteiger partial charge in [-0.2, -0.15) is 0 Å². The normalized spacial score (nSPS) is 19.2. The Kier molecular flexibility index (Phi) is 4.84. The van der Waals surface area contributed by atoms with Crippen molar-refractivity contribution < 1.29 is 23.2 Å². The van der Waals surface area contributed by atoms with E-state index in [1.807, 2.05) is 0 Å². The number of anilines is 1. The summed E-state index contributed by atoms with van der Waals surface area (Å²) in [7, 11) is 0. The fourth-order valence-electron chi connectivity index (χ4n) is 2.81. The molecule has 0 bridgehead atoms. The Bertz CT molecular complexity index is 953. The zero-order valence-electron chi connectivity index (χ0n) is 14.1. The molecule has 1 aliphatic heterocycles. The van der Waals surface area contributed by atoms with E-state index < -0.39 is 41.6 Å². The first-order valence-electron chi connectivity index (χ1n) is 7.86. The number of benzene rings is 2. The van der Waals surface area contributed by atoms with Gasteiger partial charge in [0.15, 0.2) is 0 Å². The van der Waals surface area contributed by atoms with Crippen molar-refractivity contribution in [2.75, 3.05) is 11.9 Å². The maximum Gasteiger partial charge on any atom is 0.325 e. The average molecular weight is 394 g/mol. The lowest BCUT2D eigenvalue weighted by atomic mass is 9.92. The second kappa shape index (κ2) is 6.96. The van der Waals surface area contributed by atoms with Gasteiger partial charge in [0.2, 0.25) is 5.91 Å². The third-order valence-electron chi connectivity index (χ3n) is 4.19. The summed E-state index contributed by atoms with van der Waals surface area (Å²) in [6, 6.07) is 8.36. The number of carbonyl (C=O) groups excluding carboxylic acids is 3. The highest BCUT2D eigenvalue weighted by Crippen LogP contribution is 2.33. The van der Waals surface area contributed by atoms with Crippen LogP contribution in [0.2, 0.25) is 5.02 Å². The summed E-state index contributed by atoms with van der Waals surface area (Å²) in [6.07, 6.45) is 0. The van der Waals surface area contributed by atoms with Gasteiger partial charge in [-0.25, -0.2) is 13.6 Å². The van der Waals surface area contributed by atoms with Gasteiger partial charge >= 0.3 is 6.03 Å². The van der Waals surface area contributed by atoms with Crippen LogP contribution in [0.5, 0.6) is 0 Å². The Balaban J connectivity index is 1.78. The van der Waals surface area contributed by atoms with Gasteiger partial charge in [-0.15, -0.1) is 0 Å². The highest BCUT2D eigenvalue weighted by Gasteiger charge is 2.50. The van der Waals surface area contributed by atoms with E-state index in [-0.39, 0.29) is 10.7 Å². The van der Waals surface area contributed by atoms with Crippen LogP contribution in [0.4, 0.5) is 19.3 Å². The molecule has 2 aromatic carbocycles. The smallest absolute Gasteiger partial charge is 0.322 e. The molecule has 1 saturated heterocycles. The van der Waals surface area contributed by atoms with Crippen molar-refractivity contribution in [3.05, 3.63) is 64.7 Å². The Labute approximate surface area is 158 Å². The summed E-state index contributed by atoms with van der Waals surface area (Å²) in [5.74, 6) is -3.25. The summed E-state index contributed by atoms with van der Waals surface area (Å²) in [5.41, 5.74) is -1.31. The number of nitrogens with one attached hydrogen (secondary N) is 2. The largest absolute Gasteiger partial charge is 0.325 e. The molecule has 0 unspecified atom stereocenters. The molecule has 1 atom stereocenters. The minimum absolute atomic E-state index is 0.262. The first-order chi connectivity index (χ1) is 12.7. The topological polar surface area (TPSA) is 78.5 Å². The van der Waals surface area contributed by atoms with Crippen LogP contribution in [0.3, 0.4) is 0 Å². The van der Waals surface area contributed by atoms with E-state index in [2.05, 4.69) is 10.6 Å². The van der Waals surface area contributed by atoms with E-state index in [1.54, 1.807) is 24.3 Å². The summed E-state index contributed by atoms with van der Waals surface area (Å²) >= 11 is 6.12. The monoisotopic (exact) mass is 393 g/mol. The quantitative estimate of drug-likeness (QED) is 0.784. The molecule has 27 heavy (non-hydrogen) atoms. The molecule has 1 fully saturated rings. The number of hydrogen-bond donors (Lipinski definition) is 2. The number of amides is 4. The standard InChI is InChI=1S/C18H14ClF2N3O3/c1-18(11-4-2-3-5-12(11)19)16(26)24(17(27)23-18)9-15(25)22-14-7-6-10(20)8-13(14)21/h2-8H,9H2,1H3,(H,22,25)(H,23,27)/t18-/m0/s1. The number of hydrogen-bond acceptors (Lipinski definition) is 3. The lowest BCUT2D eigenvalue weighted by Crippen LogP contribution is -2.42. The molecule has 0 radical (unpaired) electrons. The summed E-state index contributed by atoms with van der Waals surface area (Å²) in [4.78, 5) is 37.8. The molecular formula is C18H14ClF2N3O3. The van der Waals surface area contributed by atoms with Crippen LogP contribution in [-0.2, 0) is 15.1 Å². The second-order valence-corrected chi connectivity index (χ2v) is 6.51. The van der Waals surface area contributed by atoms with Crippen LogP contribution in [0, 0.1) is 11.6 Å². The summed E-state index contributed by atoms with van der Waals surface area (Å²) in [5, 5.41) is 5.01. The number of nitrogens with zero attached hydrogens (tertiary/aromatic N) is 1. The molecule has 0 aromatic heterocycles. The molecule has 2 N–H and O–H groups in total. The van der Waals surface area contributed by atoms with Gasteiger partial charge in [-0.05, 0) is 25.1 Å². The van der Waals surface area contributed by atoms with Crippen LogP contribution < -0.4 is 10.6 Å². The first kappa shape index (κ1) is 18.8. The van der Waals surface area contributed by atoms with Gasteiger partial charge in [-0.3, -0.25) is 14.5 Å². The fourth-order valence-corrected chi connectivity index (χ4v) is 3.14. The lowest BCUT2D eigenvalue weighted by molar-refractivity contribution is -0.133. The summed E-state index contributed by atoms with van der Waals surface area (Å²) in [6.45, 7) is 0.841. The maximum absolute atomic E-state index is 13.6. The van der Waals surface area contributed by atoms with E-state index in [9.17, 15) is 23.2 Å². The Morgan fingerprint density at radius 3 is 2.59 bits per heavy atom. The molecule has 2 aromatic rings. The van der Waals surface area contributed by atoms with E-state index >= 15 is 0 Å². The first-order valence-corrected chi connectivity index (χ1v) is 8.24. The van der Waals surface area contributed by atoms with Gasteiger partial charge in [0.05, 0.1) is 5.69 Å². The van der Waals surface area contributed by atoms with E-state index in [0.717, 1.165) is 12.1 Å². The number of imide groups is 1. The van der Waals surface area contributed by atoms with Crippen molar-refractivity contribution in [3.63, 3.8) is 0 Å². The van der Waals surface area contributed by atoms with Crippen LogP contribution in [0.15, 0.2) is 42.5 Å². The molecule has 0 aliphatic carbocycles. The van der Waals surface area contributed by atoms with Crippen LogP contribution in [0.25, 0.3) is 0 Å². The van der Waals surface area contributed by atoms with Crippen molar-refractivity contribution >= 4 is 35.1 Å². The van der Waals surface area contributed by atoms with Gasteiger partial charge in [0.25, 0.3) is 5.91 Å². The molecule has 0 saturated carbocycles. The third kappa shape index (κ3) is 3.48. The predicted octanol–water partition coefficient (Wildman–Crippen LogP) is 3.02. The number of halogens is 3. The van der Waals surface area contributed by atoms with E-state index in [0.29, 0.717) is 16.5 Å². The molecule has 4 amide bonds. The predicted molar refractivity (Wildman–Crippen MR) is 94.0 cm³/mol. The molecule has 6 nitrogen and oxygen atoms in total. The average Bonchev–Trinajstić information content (AvgIpc) is 2.82. The fraction of sp³-hybridized carbons (Fsp3) is 0.167. The Morgan fingerprint density at radius 1 is 1.22 bits per heavy atom. The summed E-state index contributed by atoms with van der Waals surface area (Å²) < 4.78 is 26.6. The Hall–Kier alpha value is -3.00. The van der Waals surface area contributed by atoms with Gasteiger partial charge in [0, 0.05) is 16.7 Å². The maximum atomic E-state index is 13.6. The van der Waals surface area contributed by atoms with Crippen molar-refractivity contribution in [3.8, 4) is 0 Å². The molecule has 140 valence electrons. The SMILES string of the molecule is C[C@@]1(c2ccccc2Cl)NC(=O)N(CC(=O)Nc2ccc(F)cc2F)C1=O. The zero-order chi connectivity index (χ0) is 19.8. The number of carbonyl (C=O) groups is 3. The van der Waals surface area contributed by atoms with Crippen LogP contribution in [0.1, 0.15) is 12.5 Å². The highest BCUT2D eigenvalue weighted by atomic mass is 35.5. The Morgan fingerprint density at radius 2 is 1.93 bits per heavy atom. The minimum atomic E-state index is -1.43. The zero-order valence-corrected chi connectivity index (χ0v) is 14.8. The van der Waals surface area contributed by atoms with Gasteiger partial charge < -0.3 is 10.6 Å². The molecule has 1 heterocycles. The minimum Gasteiger partial charge on any atom is -0.322 e. The van der Waals surface area contributed by atoms with Crippen molar-refractivity contribution in [1.29, 1.82) is 0 Å². The highest BCUT2D eigenvalue weighted by molar-refractivity contribution is 6.32. The van der Waals surface area contributed by atoms with Crippen molar-refractivity contribution in [2.45, 2.75) is 12.5 Å². The molecule has 0 spiro atoms. The van der Waals surface area contributed by atoms with Crippen LogP contribution >= 0.6 is 11.6 Å². The molecule has 3 rings (SSSR count). The third-order valence-corrected chi connectivity index (χ3v) is 4.52. The number of urea groups is 1. The van der Waals surface area contributed by atoms with Crippen molar-refractivity contribution in [2.24, 2.45) is 0 Å². The molecule has 1 aliphatic rings. The van der Waals surface area contributed by atoms with Crippen LogP contribution in [-0.4, -0.2) is 29.3 Å². The molecular weight excluding hydrogens is 380 g/mol. The van der Waals surface area contributed by atoms with Gasteiger partial charge in [-0.1, -0.05) is 29.8 Å². The van der Waals surface area contributed by atoms with E-state index in [4.69, 9.17) is 11.6 Å². The lowest BCUT2D eigenvalue weighted by Gasteiger charge is -2.23. The molecule has 9 heteroatoms.